The third-order valence-corrected chi connectivity index (χ3v) is 10.7. The van der Waals surface area contributed by atoms with Gasteiger partial charge in [0.2, 0.25) is 0 Å². The summed E-state index contributed by atoms with van der Waals surface area (Å²) in [5, 5.41) is 23.2. The van der Waals surface area contributed by atoms with Crippen molar-refractivity contribution in [3.05, 3.63) is 141 Å². The number of nitrogens with zero attached hydrogens (tertiary/aromatic N) is 1. The van der Waals surface area contributed by atoms with E-state index in [9.17, 15) is 15.2 Å². The van der Waals surface area contributed by atoms with Crippen molar-refractivity contribution in [2.45, 2.75) is 44.9 Å². The molecule has 5 atom stereocenters. The lowest BCUT2D eigenvalue weighted by molar-refractivity contribution is -0.152. The van der Waals surface area contributed by atoms with Crippen molar-refractivity contribution in [1.82, 2.24) is 0 Å². The molecule has 4 aromatic rings. The molecule has 1 aliphatic rings. The van der Waals surface area contributed by atoms with Crippen LogP contribution in [-0.4, -0.2) is 30.1 Å². The predicted octanol–water partition coefficient (Wildman–Crippen LogP) is 8.91. The fourth-order valence-corrected chi connectivity index (χ4v) is 8.48. The van der Waals surface area contributed by atoms with Gasteiger partial charge in [0.1, 0.15) is 0 Å². The summed E-state index contributed by atoms with van der Waals surface area (Å²) in [6.07, 6.45) is 0.857. The molecular formula is C40H39Cl2NO4. The lowest BCUT2D eigenvalue weighted by atomic mass is 9.43. The molecule has 1 aliphatic carbocycles. The second-order valence-corrected chi connectivity index (χ2v) is 13.4. The van der Waals surface area contributed by atoms with Crippen molar-refractivity contribution in [2.24, 2.45) is 22.7 Å². The molecule has 0 spiro atoms. The number of ketones is 1. The molecule has 0 radical (unpaired) electrons. The van der Waals surface area contributed by atoms with Gasteiger partial charge in [-0.2, -0.15) is 5.26 Å². The van der Waals surface area contributed by atoms with E-state index in [1.165, 1.54) is 0 Å². The Hall–Kier alpha value is -3.95. The van der Waals surface area contributed by atoms with Gasteiger partial charge in [0.15, 0.2) is 5.78 Å². The number of hydrogen-bond donors (Lipinski definition) is 1. The highest BCUT2D eigenvalue weighted by molar-refractivity contribution is 6.31. The maximum absolute atomic E-state index is 15.1. The van der Waals surface area contributed by atoms with Crippen LogP contribution in [-0.2, 0) is 22.4 Å². The van der Waals surface area contributed by atoms with Crippen LogP contribution in [0, 0.1) is 34.0 Å². The Balaban J connectivity index is 1.86. The summed E-state index contributed by atoms with van der Waals surface area (Å²) in [5.74, 6) is -2.49. The summed E-state index contributed by atoms with van der Waals surface area (Å²) in [7, 11) is 0. The Labute approximate surface area is 287 Å². The van der Waals surface area contributed by atoms with Crippen LogP contribution in [0.15, 0.2) is 109 Å². The second-order valence-electron chi connectivity index (χ2n) is 12.6. The van der Waals surface area contributed by atoms with Gasteiger partial charge in [-0.3, -0.25) is 9.59 Å². The summed E-state index contributed by atoms with van der Waals surface area (Å²) in [4.78, 5) is 28.8. The molecule has 0 bridgehead atoms. The molecule has 0 saturated heterocycles. The highest BCUT2D eigenvalue weighted by Gasteiger charge is 2.63. The number of carbonyl (C=O) groups is 2. The number of ether oxygens (including phenoxy) is 1. The smallest absolute Gasteiger partial charge is 0.306 e. The van der Waals surface area contributed by atoms with Crippen LogP contribution in [0.5, 0.6) is 0 Å². The van der Waals surface area contributed by atoms with E-state index >= 15 is 4.79 Å². The third kappa shape index (κ3) is 7.16. The van der Waals surface area contributed by atoms with Crippen molar-refractivity contribution in [1.29, 1.82) is 5.26 Å². The Morgan fingerprint density at radius 2 is 1.51 bits per heavy atom. The van der Waals surface area contributed by atoms with Crippen molar-refractivity contribution in [3.63, 3.8) is 0 Å². The topological polar surface area (TPSA) is 87.4 Å². The largest absolute Gasteiger partial charge is 0.466 e. The normalized spacial score (nSPS) is 23.9. The maximum atomic E-state index is 15.1. The minimum absolute atomic E-state index is 0.0394. The third-order valence-electron chi connectivity index (χ3n) is 10.0. The predicted molar refractivity (Wildman–Crippen MR) is 185 cm³/mol. The minimum atomic E-state index is -1.10. The van der Waals surface area contributed by atoms with Crippen LogP contribution in [0.4, 0.5) is 0 Å². The Morgan fingerprint density at radius 1 is 0.894 bits per heavy atom. The quantitative estimate of drug-likeness (QED) is 0.120. The molecule has 5 rings (SSSR count). The Kier molecular flexibility index (Phi) is 11.2. The molecule has 47 heavy (non-hydrogen) atoms. The van der Waals surface area contributed by atoms with E-state index in [0.717, 1.165) is 16.7 Å². The first-order chi connectivity index (χ1) is 22.8. The number of aliphatic hydroxyl groups is 1. The van der Waals surface area contributed by atoms with Crippen LogP contribution in [0.3, 0.4) is 0 Å². The number of esters is 1. The Bertz CT molecular complexity index is 1720. The maximum Gasteiger partial charge on any atom is 0.306 e. The molecule has 242 valence electrons. The van der Waals surface area contributed by atoms with E-state index in [2.05, 4.69) is 6.07 Å². The van der Waals surface area contributed by atoms with Crippen molar-refractivity contribution in [3.8, 4) is 6.07 Å². The van der Waals surface area contributed by atoms with Crippen LogP contribution < -0.4 is 0 Å². The van der Waals surface area contributed by atoms with Gasteiger partial charge in [0, 0.05) is 45.4 Å². The number of nitriles is 1. The van der Waals surface area contributed by atoms with Crippen molar-refractivity contribution >= 4 is 35.0 Å². The zero-order valence-corrected chi connectivity index (χ0v) is 28.0. The summed E-state index contributed by atoms with van der Waals surface area (Å²) in [6, 6.07) is 36.3. The molecule has 1 N–H and O–H groups in total. The van der Waals surface area contributed by atoms with Crippen molar-refractivity contribution < 1.29 is 19.4 Å². The molecule has 7 heteroatoms. The number of halogens is 2. The van der Waals surface area contributed by atoms with E-state index in [1.807, 2.05) is 84.9 Å². The SMILES string of the molecule is CCOC(=O)CC1(CC#N)C(c2ccccc2Cl)CC(CO)(Cc2ccccc2)C(C(=O)c2ccccc2)C1Cc1ccccc1Cl. The lowest BCUT2D eigenvalue weighted by Gasteiger charge is -2.59. The zero-order chi connectivity index (χ0) is 33.4. The van der Waals surface area contributed by atoms with Gasteiger partial charge in [0.25, 0.3) is 0 Å². The average molecular weight is 669 g/mol. The molecule has 0 amide bonds. The first kappa shape index (κ1) is 34.4. The number of aliphatic hydroxyl groups excluding tert-OH is 1. The lowest BCUT2D eigenvalue weighted by Crippen LogP contribution is -2.59. The van der Waals surface area contributed by atoms with Crippen LogP contribution in [0.1, 0.15) is 59.2 Å². The fraction of sp³-hybridized carbons (Fsp3) is 0.325. The van der Waals surface area contributed by atoms with Crippen LogP contribution >= 0.6 is 23.2 Å². The summed E-state index contributed by atoms with van der Waals surface area (Å²) < 4.78 is 5.57. The molecule has 0 aromatic heterocycles. The molecule has 0 heterocycles. The van der Waals surface area contributed by atoms with E-state index < -0.39 is 34.6 Å². The van der Waals surface area contributed by atoms with Gasteiger partial charge in [-0.1, -0.05) is 120 Å². The van der Waals surface area contributed by atoms with Crippen molar-refractivity contribution in [2.75, 3.05) is 13.2 Å². The summed E-state index contributed by atoms with van der Waals surface area (Å²) >= 11 is 13.8. The van der Waals surface area contributed by atoms with Crippen LogP contribution in [0.2, 0.25) is 10.0 Å². The standard InChI is InChI=1S/C40H39Cl2NO4/c1-2-47-36(45)26-40(21-22-43)32(23-30-17-9-11-19-34(30)41)37(38(46)29-15-7-4-8-16-29)39(27-44,24-28-13-5-3-6-14-28)25-33(40)31-18-10-12-20-35(31)42/h3-20,32-33,37,44H,2,21,23-27H2,1H3. The van der Waals surface area contributed by atoms with Gasteiger partial charge in [-0.05, 0) is 66.8 Å². The number of carbonyl (C=O) groups excluding carboxylic acids is 2. The average Bonchev–Trinajstić information content (AvgIpc) is 3.08. The molecule has 0 aliphatic heterocycles. The van der Waals surface area contributed by atoms with Crippen LogP contribution in [0.25, 0.3) is 0 Å². The number of hydrogen-bond acceptors (Lipinski definition) is 5. The van der Waals surface area contributed by atoms with Gasteiger partial charge < -0.3 is 9.84 Å². The van der Waals surface area contributed by atoms with E-state index in [1.54, 1.807) is 31.2 Å². The van der Waals surface area contributed by atoms with Gasteiger partial charge >= 0.3 is 5.97 Å². The first-order valence-corrected chi connectivity index (χ1v) is 16.8. The second kappa shape index (κ2) is 15.3. The highest BCUT2D eigenvalue weighted by atomic mass is 35.5. The minimum Gasteiger partial charge on any atom is -0.466 e. The summed E-state index contributed by atoms with van der Waals surface area (Å²) in [6.45, 7) is 1.63. The van der Waals surface area contributed by atoms with Gasteiger partial charge in [-0.25, -0.2) is 0 Å². The number of Topliss-reactive ketones (excluding diaryl/α,β-unsaturated/α-hetero) is 1. The zero-order valence-electron chi connectivity index (χ0n) is 26.4. The number of benzene rings is 4. The molecule has 5 nitrogen and oxygen atoms in total. The van der Waals surface area contributed by atoms with E-state index in [-0.39, 0.29) is 31.8 Å². The first-order valence-electron chi connectivity index (χ1n) is 16.0. The number of rotatable bonds is 12. The molecule has 4 aromatic carbocycles. The monoisotopic (exact) mass is 667 g/mol. The molecule has 1 saturated carbocycles. The molecular weight excluding hydrogens is 629 g/mol. The summed E-state index contributed by atoms with van der Waals surface area (Å²) in [5.41, 5.74) is 0.954. The highest BCUT2D eigenvalue weighted by Crippen LogP contribution is 2.65. The molecule has 1 fully saturated rings. The van der Waals surface area contributed by atoms with E-state index in [4.69, 9.17) is 27.9 Å². The van der Waals surface area contributed by atoms with Gasteiger partial charge in [-0.15, -0.1) is 0 Å². The van der Waals surface area contributed by atoms with Gasteiger partial charge in [0.05, 0.1) is 19.1 Å². The molecule has 5 unspecified atom stereocenters. The van der Waals surface area contributed by atoms with E-state index in [0.29, 0.717) is 34.9 Å². The fourth-order valence-electron chi connectivity index (χ4n) is 8.00. The Morgan fingerprint density at radius 3 is 2.13 bits per heavy atom.